The van der Waals surface area contributed by atoms with E-state index in [1.165, 1.54) is 13.2 Å². The van der Waals surface area contributed by atoms with Crippen molar-refractivity contribution in [1.29, 1.82) is 0 Å². The van der Waals surface area contributed by atoms with Crippen molar-refractivity contribution >= 4 is 24.1 Å². The van der Waals surface area contributed by atoms with Gasteiger partial charge in [-0.15, -0.1) is 0 Å². The molecule has 0 aliphatic rings. The Bertz CT molecular complexity index is 794. The molecule has 1 unspecified atom stereocenters. The van der Waals surface area contributed by atoms with Crippen LogP contribution >= 0.6 is 0 Å². The molecule has 1 heterocycles. The lowest BCUT2D eigenvalue weighted by Crippen LogP contribution is -2.53. The van der Waals surface area contributed by atoms with Gasteiger partial charge in [-0.05, 0) is 23.8 Å². The first-order chi connectivity index (χ1) is 13.7. The SMILES string of the molecule is COCCC(=O)N(NCc1ccccn1)C([C]=O)C(=O)C=Cc1ccccc1. The van der Waals surface area contributed by atoms with Crippen LogP contribution in [0.5, 0.6) is 0 Å². The number of ether oxygens (including phenoxy) is 1. The van der Waals surface area contributed by atoms with Gasteiger partial charge in [0.2, 0.25) is 12.2 Å². The number of nitrogens with one attached hydrogen (secondary N) is 1. The van der Waals surface area contributed by atoms with Gasteiger partial charge in [0.15, 0.2) is 11.8 Å². The molecule has 0 bridgehead atoms. The molecule has 0 aliphatic carbocycles. The second-order valence-electron chi connectivity index (χ2n) is 5.83. The van der Waals surface area contributed by atoms with Crippen LogP contribution in [0.3, 0.4) is 0 Å². The number of aromatic nitrogens is 1. The summed E-state index contributed by atoms with van der Waals surface area (Å²) in [5, 5.41) is 0.998. The molecular weight excluding hydrogens is 358 g/mol. The summed E-state index contributed by atoms with van der Waals surface area (Å²) < 4.78 is 4.92. The Hall–Kier alpha value is -3.16. The van der Waals surface area contributed by atoms with Crippen LogP contribution in [0.15, 0.2) is 60.8 Å². The monoisotopic (exact) mass is 380 g/mol. The van der Waals surface area contributed by atoms with E-state index in [2.05, 4.69) is 10.4 Å². The molecule has 0 spiro atoms. The number of methoxy groups -OCH3 is 1. The zero-order valence-corrected chi connectivity index (χ0v) is 15.6. The van der Waals surface area contributed by atoms with E-state index in [0.717, 1.165) is 10.6 Å². The van der Waals surface area contributed by atoms with Crippen molar-refractivity contribution in [2.75, 3.05) is 13.7 Å². The van der Waals surface area contributed by atoms with Gasteiger partial charge in [0.05, 0.1) is 25.3 Å². The minimum absolute atomic E-state index is 0.0135. The summed E-state index contributed by atoms with van der Waals surface area (Å²) >= 11 is 0. The van der Waals surface area contributed by atoms with Crippen molar-refractivity contribution in [3.8, 4) is 0 Å². The Morgan fingerprint density at radius 3 is 2.61 bits per heavy atom. The first-order valence-corrected chi connectivity index (χ1v) is 8.74. The van der Waals surface area contributed by atoms with Crippen molar-refractivity contribution in [3.05, 3.63) is 72.1 Å². The summed E-state index contributed by atoms with van der Waals surface area (Å²) in [6.07, 6.45) is 6.15. The largest absolute Gasteiger partial charge is 0.384 e. The van der Waals surface area contributed by atoms with Crippen LogP contribution in [0.4, 0.5) is 0 Å². The Balaban J connectivity index is 2.14. The summed E-state index contributed by atoms with van der Waals surface area (Å²) in [5.74, 6) is -1.01. The van der Waals surface area contributed by atoms with Crippen LogP contribution < -0.4 is 5.43 Å². The van der Waals surface area contributed by atoms with Crippen LogP contribution in [0.2, 0.25) is 0 Å². The van der Waals surface area contributed by atoms with E-state index >= 15 is 0 Å². The van der Waals surface area contributed by atoms with Crippen LogP contribution in [-0.2, 0) is 25.7 Å². The quantitative estimate of drug-likeness (QED) is 0.363. The average molecular weight is 380 g/mol. The third-order valence-electron chi connectivity index (χ3n) is 3.82. The number of rotatable bonds is 11. The lowest BCUT2D eigenvalue weighted by molar-refractivity contribution is -0.140. The number of benzene rings is 1. The zero-order valence-electron chi connectivity index (χ0n) is 15.6. The van der Waals surface area contributed by atoms with E-state index in [4.69, 9.17) is 4.74 Å². The van der Waals surface area contributed by atoms with E-state index in [-0.39, 0.29) is 19.6 Å². The Morgan fingerprint density at radius 2 is 1.96 bits per heavy atom. The molecular formula is C21H22N3O4. The minimum Gasteiger partial charge on any atom is -0.384 e. The molecule has 145 valence electrons. The number of ketones is 1. The topological polar surface area (TPSA) is 88.6 Å². The molecule has 1 amide bonds. The minimum atomic E-state index is -1.41. The standard InChI is InChI=1S/C21H22N3O4/c1-28-14-12-21(27)24(23-15-18-9-5-6-13-22-18)19(16-25)20(26)11-10-17-7-3-2-4-8-17/h2-11,13,19,23H,12,14-15H2,1H3. The average Bonchev–Trinajstić information content (AvgIpc) is 2.74. The third kappa shape index (κ3) is 6.53. The summed E-state index contributed by atoms with van der Waals surface area (Å²) in [6.45, 7) is 0.341. The number of amides is 1. The number of carbonyl (C=O) groups excluding carboxylic acids is 3. The van der Waals surface area contributed by atoms with Crippen molar-refractivity contribution in [1.82, 2.24) is 15.4 Å². The third-order valence-corrected chi connectivity index (χ3v) is 3.82. The van der Waals surface area contributed by atoms with E-state index in [1.807, 2.05) is 30.3 Å². The summed E-state index contributed by atoms with van der Waals surface area (Å²) in [6, 6.07) is 13.1. The molecule has 1 radical (unpaired) electrons. The highest BCUT2D eigenvalue weighted by Crippen LogP contribution is 2.06. The fraction of sp³-hybridized carbons (Fsp3) is 0.238. The Labute approximate surface area is 164 Å². The van der Waals surface area contributed by atoms with Crippen molar-refractivity contribution in [3.63, 3.8) is 0 Å². The first kappa shape index (κ1) is 21.1. The lowest BCUT2D eigenvalue weighted by atomic mass is 10.1. The maximum atomic E-state index is 12.5. The van der Waals surface area contributed by atoms with Gasteiger partial charge < -0.3 is 4.74 Å². The molecule has 2 aromatic rings. The van der Waals surface area contributed by atoms with Crippen LogP contribution in [0, 0.1) is 0 Å². The van der Waals surface area contributed by atoms with E-state index in [1.54, 1.807) is 36.8 Å². The van der Waals surface area contributed by atoms with Crippen LogP contribution in [-0.4, -0.2) is 47.7 Å². The summed E-state index contributed by atoms with van der Waals surface area (Å²) in [5.41, 5.74) is 4.28. The Kier molecular flexibility index (Phi) is 8.71. The fourth-order valence-electron chi connectivity index (χ4n) is 2.37. The van der Waals surface area contributed by atoms with Gasteiger partial charge in [-0.1, -0.05) is 42.5 Å². The van der Waals surface area contributed by atoms with Gasteiger partial charge in [-0.25, -0.2) is 5.43 Å². The van der Waals surface area contributed by atoms with E-state index in [0.29, 0.717) is 5.69 Å². The molecule has 1 aromatic heterocycles. The van der Waals surface area contributed by atoms with Crippen LogP contribution in [0.1, 0.15) is 17.7 Å². The molecule has 2 rings (SSSR count). The highest BCUT2D eigenvalue weighted by molar-refractivity contribution is 6.08. The maximum Gasteiger partial charge on any atom is 0.240 e. The van der Waals surface area contributed by atoms with Crippen molar-refractivity contribution in [2.24, 2.45) is 0 Å². The first-order valence-electron chi connectivity index (χ1n) is 8.74. The molecule has 0 saturated carbocycles. The smallest absolute Gasteiger partial charge is 0.240 e. The van der Waals surface area contributed by atoms with Crippen LogP contribution in [0.25, 0.3) is 6.08 Å². The number of nitrogens with zero attached hydrogens (tertiary/aromatic N) is 2. The highest BCUT2D eigenvalue weighted by Gasteiger charge is 2.29. The molecule has 1 atom stereocenters. The van der Waals surface area contributed by atoms with Gasteiger partial charge in [0.25, 0.3) is 0 Å². The molecule has 0 fully saturated rings. The normalized spacial score (nSPS) is 11.9. The van der Waals surface area contributed by atoms with Gasteiger partial charge in [0, 0.05) is 13.3 Å². The summed E-state index contributed by atoms with van der Waals surface area (Å²) in [7, 11) is 1.47. The number of pyridine rings is 1. The lowest BCUT2D eigenvalue weighted by Gasteiger charge is -2.26. The molecule has 28 heavy (non-hydrogen) atoms. The number of carbonyl (C=O) groups is 2. The van der Waals surface area contributed by atoms with Gasteiger partial charge in [0.1, 0.15) is 0 Å². The Morgan fingerprint density at radius 1 is 1.21 bits per heavy atom. The zero-order chi connectivity index (χ0) is 20.2. The second kappa shape index (κ2) is 11.5. The predicted octanol–water partition coefficient (Wildman–Crippen LogP) is 1.71. The number of hydrogen-bond donors (Lipinski definition) is 1. The van der Waals surface area contributed by atoms with Crippen molar-refractivity contribution < 1.29 is 19.1 Å². The van der Waals surface area contributed by atoms with Gasteiger partial charge in [-0.2, -0.15) is 0 Å². The second-order valence-corrected chi connectivity index (χ2v) is 5.83. The predicted molar refractivity (Wildman–Crippen MR) is 104 cm³/mol. The molecule has 0 aliphatic heterocycles. The molecule has 7 nitrogen and oxygen atoms in total. The number of hydrogen-bond acceptors (Lipinski definition) is 6. The maximum absolute atomic E-state index is 12.5. The highest BCUT2D eigenvalue weighted by atomic mass is 16.5. The molecule has 1 N–H and O–H groups in total. The molecule has 7 heteroatoms. The van der Waals surface area contributed by atoms with Crippen molar-refractivity contribution in [2.45, 2.75) is 19.0 Å². The molecule has 1 aromatic carbocycles. The summed E-state index contributed by atoms with van der Waals surface area (Å²) in [4.78, 5) is 40.7. The number of hydrazine groups is 1. The fourth-order valence-corrected chi connectivity index (χ4v) is 2.37. The van der Waals surface area contributed by atoms with E-state index in [9.17, 15) is 14.4 Å². The van der Waals surface area contributed by atoms with Gasteiger partial charge in [-0.3, -0.25) is 24.4 Å². The van der Waals surface area contributed by atoms with Gasteiger partial charge >= 0.3 is 0 Å². The van der Waals surface area contributed by atoms with E-state index < -0.39 is 17.7 Å². The molecule has 0 saturated heterocycles.